The van der Waals surface area contributed by atoms with Gasteiger partial charge in [0.25, 0.3) is 15.9 Å². The summed E-state index contributed by atoms with van der Waals surface area (Å²) in [6.07, 6.45) is -0.124. The summed E-state index contributed by atoms with van der Waals surface area (Å²) in [5, 5.41) is 2.42. The van der Waals surface area contributed by atoms with Crippen LogP contribution in [0.4, 0.5) is 10.5 Å². The SMILES string of the molecule is CCC(=O)C(=O)N(N)C(=O)c1[c]ccc(NC(=O)NS(=O)(=O)c2ccc(C)cc2)c1. The number of hydrogen-bond acceptors (Lipinski definition) is 7. The molecule has 10 nitrogen and oxygen atoms in total. The molecule has 4 N–H and O–H groups in total. The number of nitrogens with two attached hydrogens (primary N) is 1. The van der Waals surface area contributed by atoms with Gasteiger partial charge >= 0.3 is 11.9 Å². The first kappa shape index (κ1) is 22.7. The van der Waals surface area contributed by atoms with Gasteiger partial charge in [0, 0.05) is 12.1 Å². The average molecular weight is 431 g/mol. The summed E-state index contributed by atoms with van der Waals surface area (Å²) in [5.41, 5.74) is 0.675. The monoisotopic (exact) mass is 431 g/mol. The molecule has 0 aliphatic carbocycles. The number of carbonyl (C=O) groups excluding carboxylic acids is 4. The van der Waals surface area contributed by atoms with Gasteiger partial charge in [0.2, 0.25) is 5.78 Å². The highest BCUT2D eigenvalue weighted by atomic mass is 32.2. The number of ketones is 1. The van der Waals surface area contributed by atoms with E-state index in [1.807, 2.05) is 4.72 Å². The number of nitrogens with zero attached hydrogens (tertiary/aromatic N) is 1. The van der Waals surface area contributed by atoms with Gasteiger partial charge in [-0.05, 0) is 37.3 Å². The van der Waals surface area contributed by atoms with E-state index in [9.17, 15) is 27.6 Å². The molecule has 2 aromatic carbocycles. The van der Waals surface area contributed by atoms with Gasteiger partial charge in [-0.1, -0.05) is 30.7 Å². The first-order valence-corrected chi connectivity index (χ1v) is 10.1. The third kappa shape index (κ3) is 5.49. The van der Waals surface area contributed by atoms with E-state index in [4.69, 9.17) is 5.84 Å². The van der Waals surface area contributed by atoms with Crippen molar-refractivity contribution < 1.29 is 27.6 Å². The number of hydrogen-bond donors (Lipinski definition) is 3. The Labute approximate surface area is 173 Å². The van der Waals surface area contributed by atoms with E-state index in [0.29, 0.717) is 0 Å². The molecule has 30 heavy (non-hydrogen) atoms. The number of carbonyl (C=O) groups is 4. The maximum Gasteiger partial charge on any atom is 0.333 e. The molecule has 0 heterocycles. The van der Waals surface area contributed by atoms with Gasteiger partial charge in [0.1, 0.15) is 0 Å². The zero-order valence-electron chi connectivity index (χ0n) is 16.1. The lowest BCUT2D eigenvalue weighted by Gasteiger charge is -2.14. The third-order valence-electron chi connectivity index (χ3n) is 3.85. The molecule has 0 saturated heterocycles. The minimum atomic E-state index is -4.11. The summed E-state index contributed by atoms with van der Waals surface area (Å²) in [5.74, 6) is 2.35. The molecule has 2 aromatic rings. The van der Waals surface area contributed by atoms with Crippen LogP contribution in [0.5, 0.6) is 0 Å². The number of benzene rings is 2. The summed E-state index contributed by atoms with van der Waals surface area (Å²) >= 11 is 0. The molecule has 157 valence electrons. The summed E-state index contributed by atoms with van der Waals surface area (Å²) in [4.78, 5) is 47.4. The van der Waals surface area contributed by atoms with Gasteiger partial charge in [0.05, 0.1) is 10.5 Å². The maximum atomic E-state index is 12.3. The molecule has 0 aromatic heterocycles. The average Bonchev–Trinajstić information content (AvgIpc) is 2.71. The fourth-order valence-corrected chi connectivity index (χ4v) is 3.14. The Morgan fingerprint density at radius 1 is 1.10 bits per heavy atom. The van der Waals surface area contributed by atoms with Gasteiger partial charge in [-0.2, -0.15) is 0 Å². The number of nitrogens with one attached hydrogen (secondary N) is 2. The molecule has 0 spiro atoms. The highest BCUT2D eigenvalue weighted by Crippen LogP contribution is 2.13. The molecular weight excluding hydrogens is 412 g/mol. The molecule has 0 aliphatic rings. The maximum absolute atomic E-state index is 12.3. The van der Waals surface area contributed by atoms with Gasteiger partial charge in [-0.3, -0.25) is 14.4 Å². The summed E-state index contributed by atoms with van der Waals surface area (Å²) < 4.78 is 26.3. The Kier molecular flexibility index (Phi) is 7.03. The standard InChI is InChI=1S/C19H19N4O6S/c1-3-16(24)18(26)23(20)17(25)13-5-4-6-14(11-13)21-19(27)22-30(28,29)15-9-7-12(2)8-10-15/h4,6-11H,3,20H2,1-2H3,(H2,21,22,27). The topological polar surface area (TPSA) is 156 Å². The van der Waals surface area contributed by atoms with Crippen molar-refractivity contribution in [3.8, 4) is 0 Å². The van der Waals surface area contributed by atoms with Crippen molar-refractivity contribution in [2.24, 2.45) is 5.84 Å². The number of imide groups is 1. The van der Waals surface area contributed by atoms with E-state index in [1.54, 1.807) is 19.1 Å². The molecule has 0 unspecified atom stereocenters. The summed E-state index contributed by atoms with van der Waals surface area (Å²) in [6.45, 7) is 3.23. The van der Waals surface area contributed by atoms with Gasteiger partial charge in [0.15, 0.2) is 0 Å². The normalized spacial score (nSPS) is 10.8. The van der Waals surface area contributed by atoms with Crippen molar-refractivity contribution >= 4 is 39.3 Å². The van der Waals surface area contributed by atoms with Crippen LogP contribution in [0.25, 0.3) is 0 Å². The van der Waals surface area contributed by atoms with Crippen molar-refractivity contribution in [1.82, 2.24) is 9.73 Å². The van der Waals surface area contributed by atoms with Crippen LogP contribution in [0.1, 0.15) is 29.3 Å². The van der Waals surface area contributed by atoms with E-state index in [1.165, 1.54) is 31.2 Å². The van der Waals surface area contributed by atoms with Crippen LogP contribution in [0, 0.1) is 13.0 Å². The largest absolute Gasteiger partial charge is 0.333 e. The van der Waals surface area contributed by atoms with E-state index < -0.39 is 33.7 Å². The molecule has 11 heteroatoms. The molecule has 1 radical (unpaired) electrons. The lowest BCUT2D eigenvalue weighted by atomic mass is 10.1. The Hall–Kier alpha value is -3.57. The van der Waals surface area contributed by atoms with E-state index in [-0.39, 0.29) is 27.6 Å². The first-order valence-electron chi connectivity index (χ1n) is 8.63. The molecule has 0 atom stereocenters. The molecular formula is C19H19N4O6S. The van der Waals surface area contributed by atoms with Gasteiger partial charge in [-0.15, -0.1) is 0 Å². The second-order valence-corrected chi connectivity index (χ2v) is 7.80. The number of rotatable bonds is 6. The molecule has 2 rings (SSSR count). The highest BCUT2D eigenvalue weighted by Gasteiger charge is 2.25. The molecule has 0 bridgehead atoms. The summed E-state index contributed by atoms with van der Waals surface area (Å²) in [6, 6.07) is 11.1. The number of anilines is 1. The van der Waals surface area contributed by atoms with E-state index in [2.05, 4.69) is 11.4 Å². The minimum Gasteiger partial charge on any atom is -0.307 e. The third-order valence-corrected chi connectivity index (χ3v) is 5.19. The molecule has 0 fully saturated rings. The Balaban J connectivity index is 2.12. The van der Waals surface area contributed by atoms with Crippen molar-refractivity contribution in [2.45, 2.75) is 25.2 Å². The number of hydrazine groups is 1. The Morgan fingerprint density at radius 2 is 1.73 bits per heavy atom. The van der Waals surface area contributed by atoms with Crippen LogP contribution in [-0.4, -0.2) is 37.1 Å². The Morgan fingerprint density at radius 3 is 2.33 bits per heavy atom. The quantitative estimate of drug-likeness (QED) is 0.268. The number of Topliss-reactive ketones (excluding diaryl/α,β-unsaturated/α-hetero) is 1. The lowest BCUT2D eigenvalue weighted by Crippen LogP contribution is -2.46. The van der Waals surface area contributed by atoms with Crippen molar-refractivity contribution in [3.63, 3.8) is 0 Å². The number of urea groups is 1. The zero-order chi connectivity index (χ0) is 22.5. The fraction of sp³-hybridized carbons (Fsp3) is 0.158. The minimum absolute atomic E-state index is 0.0383. The smallest absolute Gasteiger partial charge is 0.307 e. The number of amides is 4. The number of sulfonamides is 1. The predicted octanol–water partition coefficient (Wildman–Crippen LogP) is 1.13. The van der Waals surface area contributed by atoms with Crippen LogP contribution in [0.2, 0.25) is 0 Å². The fourth-order valence-electron chi connectivity index (χ4n) is 2.23. The van der Waals surface area contributed by atoms with Crippen LogP contribution in [-0.2, 0) is 19.6 Å². The van der Waals surface area contributed by atoms with Crippen LogP contribution in [0.3, 0.4) is 0 Å². The second kappa shape index (κ2) is 9.29. The Bertz CT molecular complexity index is 1100. The van der Waals surface area contributed by atoms with Crippen LogP contribution >= 0.6 is 0 Å². The molecule has 4 amide bonds. The van der Waals surface area contributed by atoms with Crippen molar-refractivity contribution in [2.75, 3.05) is 5.32 Å². The van der Waals surface area contributed by atoms with Crippen molar-refractivity contribution in [3.05, 3.63) is 59.7 Å². The van der Waals surface area contributed by atoms with Crippen LogP contribution in [0.15, 0.2) is 47.4 Å². The zero-order valence-corrected chi connectivity index (χ0v) is 16.9. The number of aryl methyl sites for hydroxylation is 1. The lowest BCUT2D eigenvalue weighted by molar-refractivity contribution is -0.142. The summed E-state index contributed by atoms with van der Waals surface area (Å²) in [7, 11) is -4.11. The van der Waals surface area contributed by atoms with E-state index >= 15 is 0 Å². The highest BCUT2D eigenvalue weighted by molar-refractivity contribution is 7.90. The van der Waals surface area contributed by atoms with Gasteiger partial charge < -0.3 is 5.32 Å². The van der Waals surface area contributed by atoms with E-state index in [0.717, 1.165) is 11.6 Å². The molecule has 0 saturated carbocycles. The predicted molar refractivity (Wildman–Crippen MR) is 106 cm³/mol. The van der Waals surface area contributed by atoms with Gasteiger partial charge in [-0.25, -0.2) is 28.8 Å². The second-order valence-electron chi connectivity index (χ2n) is 6.12. The van der Waals surface area contributed by atoms with Crippen LogP contribution < -0.4 is 15.9 Å². The van der Waals surface area contributed by atoms with Crippen molar-refractivity contribution in [1.29, 1.82) is 0 Å². The molecule has 0 aliphatic heterocycles. The first-order chi connectivity index (χ1) is 14.0.